The summed E-state index contributed by atoms with van der Waals surface area (Å²) in [4.78, 5) is 8.85. The molecule has 0 aliphatic rings. The fourth-order valence-electron chi connectivity index (χ4n) is 2.28. The van der Waals surface area contributed by atoms with E-state index in [1.54, 1.807) is 6.08 Å². The molecule has 116 valence electrons. The lowest BCUT2D eigenvalue weighted by Crippen LogP contribution is -2.14. The third kappa shape index (κ3) is 4.07. The van der Waals surface area contributed by atoms with E-state index in [1.165, 1.54) is 5.56 Å². The molecule has 0 bridgehead atoms. The number of anilines is 3. The minimum absolute atomic E-state index is 0.0651. The van der Waals surface area contributed by atoms with Gasteiger partial charge in [-0.2, -0.15) is 0 Å². The van der Waals surface area contributed by atoms with Gasteiger partial charge >= 0.3 is 0 Å². The lowest BCUT2D eigenvalue weighted by molar-refractivity contribution is 0.592. The van der Waals surface area contributed by atoms with E-state index in [9.17, 15) is 0 Å². The Labute approximate surface area is 132 Å². The maximum absolute atomic E-state index is 4.47. The monoisotopic (exact) mass is 296 g/mol. The summed E-state index contributed by atoms with van der Waals surface area (Å²) in [5.74, 6) is 2.31. The maximum Gasteiger partial charge on any atom is 0.136 e. The SMILES string of the molecule is C=CCNc1cc(Nc2ccccc2C(C)(C)C)nc(C)n1. The van der Waals surface area contributed by atoms with Crippen LogP contribution in [0.3, 0.4) is 0 Å². The Bertz CT molecular complexity index is 656. The predicted molar refractivity (Wildman–Crippen MR) is 93.9 cm³/mol. The van der Waals surface area contributed by atoms with Crippen LogP contribution in [0.15, 0.2) is 43.0 Å². The zero-order valence-corrected chi connectivity index (χ0v) is 13.8. The fraction of sp³-hybridized carbons (Fsp3) is 0.333. The van der Waals surface area contributed by atoms with Crippen molar-refractivity contribution in [3.05, 3.63) is 54.4 Å². The Hall–Kier alpha value is -2.36. The first kappa shape index (κ1) is 16.0. The van der Waals surface area contributed by atoms with Gasteiger partial charge in [0, 0.05) is 18.3 Å². The smallest absolute Gasteiger partial charge is 0.136 e. The predicted octanol–water partition coefficient (Wildman–Crippen LogP) is 4.42. The molecule has 4 nitrogen and oxygen atoms in total. The van der Waals surface area contributed by atoms with E-state index in [4.69, 9.17) is 0 Å². The molecule has 0 spiro atoms. The molecule has 0 aliphatic carbocycles. The molecule has 0 aliphatic heterocycles. The van der Waals surface area contributed by atoms with Gasteiger partial charge in [0.1, 0.15) is 17.5 Å². The van der Waals surface area contributed by atoms with Crippen LogP contribution in [0.1, 0.15) is 32.2 Å². The van der Waals surface area contributed by atoms with Crippen LogP contribution < -0.4 is 10.6 Å². The number of hydrogen-bond donors (Lipinski definition) is 2. The van der Waals surface area contributed by atoms with Gasteiger partial charge in [-0.15, -0.1) is 6.58 Å². The molecule has 4 heteroatoms. The third-order valence-electron chi connectivity index (χ3n) is 3.26. The molecule has 2 aromatic rings. The Morgan fingerprint density at radius 3 is 2.50 bits per heavy atom. The van der Waals surface area contributed by atoms with Crippen LogP contribution in [0.2, 0.25) is 0 Å². The Kier molecular flexibility index (Phi) is 4.81. The molecule has 1 aromatic carbocycles. The molecule has 2 N–H and O–H groups in total. The lowest BCUT2D eigenvalue weighted by atomic mass is 9.86. The van der Waals surface area contributed by atoms with E-state index < -0.39 is 0 Å². The molecule has 0 saturated carbocycles. The van der Waals surface area contributed by atoms with Crippen molar-refractivity contribution < 1.29 is 0 Å². The molecule has 0 atom stereocenters. The van der Waals surface area contributed by atoms with E-state index in [0.717, 1.165) is 23.1 Å². The quantitative estimate of drug-likeness (QED) is 0.802. The summed E-state index contributed by atoms with van der Waals surface area (Å²) in [7, 11) is 0. The molecule has 0 radical (unpaired) electrons. The van der Waals surface area contributed by atoms with E-state index in [0.29, 0.717) is 6.54 Å². The number of hydrogen-bond acceptors (Lipinski definition) is 4. The molecule has 1 heterocycles. The average molecular weight is 296 g/mol. The first-order chi connectivity index (χ1) is 10.4. The number of rotatable bonds is 5. The number of benzene rings is 1. The van der Waals surface area contributed by atoms with E-state index >= 15 is 0 Å². The first-order valence-electron chi connectivity index (χ1n) is 7.47. The van der Waals surface area contributed by atoms with Crippen molar-refractivity contribution in [3.8, 4) is 0 Å². The molecule has 0 saturated heterocycles. The van der Waals surface area contributed by atoms with Crippen LogP contribution in [-0.4, -0.2) is 16.5 Å². The molecule has 22 heavy (non-hydrogen) atoms. The highest BCUT2D eigenvalue weighted by atomic mass is 15.1. The van der Waals surface area contributed by atoms with Gasteiger partial charge < -0.3 is 10.6 Å². The second kappa shape index (κ2) is 6.60. The van der Waals surface area contributed by atoms with Crippen molar-refractivity contribution in [1.29, 1.82) is 0 Å². The van der Waals surface area contributed by atoms with Crippen LogP contribution in [0.5, 0.6) is 0 Å². The molecule has 0 unspecified atom stereocenters. The topological polar surface area (TPSA) is 49.8 Å². The summed E-state index contributed by atoms with van der Waals surface area (Å²) < 4.78 is 0. The summed E-state index contributed by atoms with van der Waals surface area (Å²) in [6.45, 7) is 12.9. The van der Waals surface area contributed by atoms with E-state index in [2.05, 4.69) is 66.2 Å². The molecule has 2 rings (SSSR count). The zero-order valence-electron chi connectivity index (χ0n) is 13.8. The number of para-hydroxylation sites is 1. The van der Waals surface area contributed by atoms with Crippen LogP contribution >= 0.6 is 0 Å². The van der Waals surface area contributed by atoms with Gasteiger partial charge in [-0.3, -0.25) is 0 Å². The van der Waals surface area contributed by atoms with Crippen molar-refractivity contribution in [2.24, 2.45) is 0 Å². The van der Waals surface area contributed by atoms with Crippen LogP contribution in [0, 0.1) is 6.92 Å². The summed E-state index contributed by atoms with van der Waals surface area (Å²) in [5, 5.41) is 6.62. The number of aromatic nitrogens is 2. The van der Waals surface area contributed by atoms with Crippen molar-refractivity contribution >= 4 is 17.3 Å². The molecule has 1 aromatic heterocycles. The van der Waals surface area contributed by atoms with Crippen molar-refractivity contribution in [3.63, 3.8) is 0 Å². The minimum atomic E-state index is 0.0651. The lowest BCUT2D eigenvalue weighted by Gasteiger charge is -2.23. The molecular formula is C18H24N4. The van der Waals surface area contributed by atoms with Crippen molar-refractivity contribution in [2.75, 3.05) is 17.2 Å². The highest BCUT2D eigenvalue weighted by Gasteiger charge is 2.17. The van der Waals surface area contributed by atoms with Gasteiger partial charge in [-0.05, 0) is 24.0 Å². The number of nitrogens with one attached hydrogen (secondary N) is 2. The van der Waals surface area contributed by atoms with E-state index in [-0.39, 0.29) is 5.41 Å². The highest BCUT2D eigenvalue weighted by molar-refractivity contribution is 5.64. The van der Waals surface area contributed by atoms with Gasteiger partial charge in [0.05, 0.1) is 0 Å². The molecular weight excluding hydrogens is 272 g/mol. The van der Waals surface area contributed by atoms with Crippen molar-refractivity contribution in [2.45, 2.75) is 33.1 Å². The van der Waals surface area contributed by atoms with Gasteiger partial charge in [-0.1, -0.05) is 45.0 Å². The average Bonchev–Trinajstić information content (AvgIpc) is 2.44. The van der Waals surface area contributed by atoms with Crippen LogP contribution in [0.25, 0.3) is 0 Å². The molecule has 0 fully saturated rings. The molecule has 0 amide bonds. The summed E-state index contributed by atoms with van der Waals surface area (Å²) in [6, 6.07) is 10.2. The summed E-state index contributed by atoms with van der Waals surface area (Å²) in [6.07, 6.45) is 1.81. The van der Waals surface area contributed by atoms with E-state index in [1.807, 2.05) is 19.1 Å². The number of nitrogens with zero attached hydrogens (tertiary/aromatic N) is 2. The highest BCUT2D eigenvalue weighted by Crippen LogP contribution is 2.31. The number of aryl methyl sites for hydroxylation is 1. The van der Waals surface area contributed by atoms with Crippen LogP contribution in [-0.2, 0) is 5.41 Å². The van der Waals surface area contributed by atoms with Gasteiger partial charge in [-0.25, -0.2) is 9.97 Å². The second-order valence-corrected chi connectivity index (χ2v) is 6.28. The largest absolute Gasteiger partial charge is 0.366 e. The Morgan fingerprint density at radius 2 is 1.82 bits per heavy atom. The Balaban J connectivity index is 2.31. The fourth-order valence-corrected chi connectivity index (χ4v) is 2.28. The van der Waals surface area contributed by atoms with Crippen molar-refractivity contribution in [1.82, 2.24) is 9.97 Å². The standard InChI is InChI=1S/C18H24N4/c1-6-11-19-16-12-17(21-13(2)20-16)22-15-10-8-7-9-14(15)18(3,4)5/h6-10,12H,1,11H2,2-5H3,(H2,19,20,21,22). The van der Waals surface area contributed by atoms with Gasteiger partial charge in [0.25, 0.3) is 0 Å². The van der Waals surface area contributed by atoms with Crippen LogP contribution in [0.4, 0.5) is 17.3 Å². The van der Waals surface area contributed by atoms with Gasteiger partial charge in [0.15, 0.2) is 0 Å². The summed E-state index contributed by atoms with van der Waals surface area (Å²) in [5.41, 5.74) is 2.39. The zero-order chi connectivity index (χ0) is 16.2. The maximum atomic E-state index is 4.47. The van der Waals surface area contributed by atoms with Gasteiger partial charge in [0.2, 0.25) is 0 Å². The normalized spacial score (nSPS) is 11.1. The second-order valence-electron chi connectivity index (χ2n) is 6.28. The Morgan fingerprint density at radius 1 is 1.14 bits per heavy atom. The third-order valence-corrected chi connectivity index (χ3v) is 3.26. The minimum Gasteiger partial charge on any atom is -0.366 e. The first-order valence-corrected chi connectivity index (χ1v) is 7.47. The summed E-state index contributed by atoms with van der Waals surface area (Å²) >= 11 is 0.